The van der Waals surface area contributed by atoms with E-state index in [0.717, 1.165) is 33.5 Å². The maximum atomic E-state index is 12.6. The van der Waals surface area contributed by atoms with Gasteiger partial charge >= 0.3 is 5.97 Å². The highest BCUT2D eigenvalue weighted by Gasteiger charge is 2.34. The van der Waals surface area contributed by atoms with Crippen LogP contribution in [-0.4, -0.2) is 17.0 Å². The molecule has 2 rings (SSSR count). The summed E-state index contributed by atoms with van der Waals surface area (Å²) in [6.07, 6.45) is 5.21. The van der Waals surface area contributed by atoms with Crippen molar-refractivity contribution >= 4 is 29.3 Å². The number of carboxylic acid groups (broad SMARTS) is 1. The van der Waals surface area contributed by atoms with Crippen LogP contribution >= 0.6 is 11.8 Å². The predicted octanol–water partition coefficient (Wildman–Crippen LogP) is 3.74. The summed E-state index contributed by atoms with van der Waals surface area (Å²) < 4.78 is 0. The number of rotatable bonds is 5. The third kappa shape index (κ3) is 3.98. The number of aliphatic carboxylic acids is 1. The van der Waals surface area contributed by atoms with Crippen LogP contribution in [-0.2, 0) is 16.0 Å². The molecule has 1 aliphatic rings. The van der Waals surface area contributed by atoms with Crippen LogP contribution in [0.4, 0.5) is 5.69 Å². The maximum absolute atomic E-state index is 12.6. The minimum absolute atomic E-state index is 0.259. The molecule has 0 saturated carbocycles. The van der Waals surface area contributed by atoms with Gasteiger partial charge in [-0.15, -0.1) is 0 Å². The molecule has 0 spiro atoms. The van der Waals surface area contributed by atoms with Crippen molar-refractivity contribution in [3.05, 3.63) is 35.4 Å². The number of nitrogens with zero attached hydrogens (tertiary/aromatic N) is 1. The van der Waals surface area contributed by atoms with E-state index in [4.69, 9.17) is 5.26 Å². The first kappa shape index (κ1) is 18.1. The summed E-state index contributed by atoms with van der Waals surface area (Å²) >= 11 is 1.08. The first-order valence-electron chi connectivity index (χ1n) is 7.86. The van der Waals surface area contributed by atoms with E-state index < -0.39 is 17.8 Å². The molecule has 0 saturated heterocycles. The van der Waals surface area contributed by atoms with Gasteiger partial charge in [-0.3, -0.25) is 9.59 Å². The van der Waals surface area contributed by atoms with Gasteiger partial charge in [0.05, 0.1) is 11.8 Å². The molecule has 1 aromatic rings. The smallest absolute Gasteiger partial charge is 0.307 e. The van der Waals surface area contributed by atoms with E-state index in [9.17, 15) is 14.7 Å². The fraction of sp³-hybridized carbons (Fsp3) is 0.389. The number of nitrogens with one attached hydrogen (secondary N) is 1. The third-order valence-electron chi connectivity index (χ3n) is 4.27. The Balaban J connectivity index is 2.27. The van der Waals surface area contributed by atoms with Gasteiger partial charge in [-0.2, -0.15) is 5.26 Å². The molecule has 0 aliphatic heterocycles. The first-order chi connectivity index (χ1) is 11.5. The van der Waals surface area contributed by atoms with Gasteiger partial charge in [0.1, 0.15) is 5.40 Å². The number of benzene rings is 1. The van der Waals surface area contributed by atoms with Crippen LogP contribution in [0.1, 0.15) is 30.9 Å². The van der Waals surface area contributed by atoms with E-state index >= 15 is 0 Å². The molecule has 0 fully saturated rings. The molecular formula is C18H20N2O3S. The lowest BCUT2D eigenvalue weighted by molar-refractivity contribution is -0.146. The summed E-state index contributed by atoms with van der Waals surface area (Å²) in [5.74, 6) is -2.45. The molecule has 0 aromatic heterocycles. The minimum Gasteiger partial charge on any atom is -0.481 e. The number of thiocyanates is 1. The molecule has 0 heterocycles. The Morgan fingerprint density at radius 1 is 1.33 bits per heavy atom. The number of anilines is 1. The summed E-state index contributed by atoms with van der Waals surface area (Å²) in [6.45, 7) is 3.86. The Kier molecular flexibility index (Phi) is 6.04. The Bertz CT molecular complexity index is 722. The molecule has 0 radical (unpaired) electrons. The van der Waals surface area contributed by atoms with E-state index in [1.54, 1.807) is 0 Å². The van der Waals surface area contributed by atoms with Crippen LogP contribution in [0.2, 0.25) is 0 Å². The number of carbonyl (C=O) groups is 2. The van der Waals surface area contributed by atoms with Gasteiger partial charge in [-0.1, -0.05) is 19.1 Å². The zero-order valence-corrected chi connectivity index (χ0v) is 14.5. The van der Waals surface area contributed by atoms with Crippen molar-refractivity contribution in [2.75, 3.05) is 5.32 Å². The third-order valence-corrected chi connectivity index (χ3v) is 4.83. The highest BCUT2D eigenvalue weighted by molar-refractivity contribution is 8.03. The molecule has 126 valence electrons. The molecule has 2 atom stereocenters. The van der Waals surface area contributed by atoms with Gasteiger partial charge in [0.2, 0.25) is 5.91 Å². The summed E-state index contributed by atoms with van der Waals surface area (Å²) in [4.78, 5) is 24.9. The molecule has 1 aliphatic carbocycles. The lowest BCUT2D eigenvalue weighted by atomic mass is 9.82. The number of amides is 1. The summed E-state index contributed by atoms with van der Waals surface area (Å²) in [6, 6.07) is 3.75. The largest absolute Gasteiger partial charge is 0.481 e. The van der Waals surface area contributed by atoms with Crippen LogP contribution in [0, 0.1) is 29.4 Å². The lowest BCUT2D eigenvalue weighted by Crippen LogP contribution is -2.35. The average Bonchev–Trinajstić information content (AvgIpc) is 2.57. The van der Waals surface area contributed by atoms with Gasteiger partial charge < -0.3 is 10.4 Å². The topological polar surface area (TPSA) is 90.2 Å². The Morgan fingerprint density at radius 3 is 2.58 bits per heavy atom. The predicted molar refractivity (Wildman–Crippen MR) is 93.6 cm³/mol. The molecular weight excluding hydrogens is 324 g/mol. The number of aryl methyl sites for hydroxylation is 2. The molecule has 24 heavy (non-hydrogen) atoms. The van der Waals surface area contributed by atoms with Crippen LogP contribution in [0.25, 0.3) is 0 Å². The number of nitriles is 1. The normalized spacial score (nSPS) is 19.5. The SMILES string of the molecule is CCc1cc(SC#N)cc(C)c1NC(=O)C1CC=CCC1C(=O)O. The maximum Gasteiger partial charge on any atom is 0.307 e. The summed E-state index contributed by atoms with van der Waals surface area (Å²) in [5, 5.41) is 23.1. The summed E-state index contributed by atoms with van der Waals surface area (Å²) in [7, 11) is 0. The van der Waals surface area contributed by atoms with Gasteiger partial charge in [0, 0.05) is 10.6 Å². The van der Waals surface area contributed by atoms with E-state index in [0.29, 0.717) is 19.3 Å². The minimum atomic E-state index is -0.937. The van der Waals surface area contributed by atoms with Gasteiger partial charge in [-0.25, -0.2) is 0 Å². The highest BCUT2D eigenvalue weighted by atomic mass is 32.2. The monoisotopic (exact) mass is 344 g/mol. The molecule has 2 N–H and O–H groups in total. The number of allylic oxidation sites excluding steroid dienone is 2. The molecule has 1 amide bonds. The van der Waals surface area contributed by atoms with Gasteiger partial charge in [0.15, 0.2) is 0 Å². The van der Waals surface area contributed by atoms with Crippen molar-refractivity contribution in [2.45, 2.75) is 38.0 Å². The number of carboxylic acids is 1. The number of hydrogen-bond donors (Lipinski definition) is 2. The second-order valence-electron chi connectivity index (χ2n) is 5.80. The van der Waals surface area contributed by atoms with Gasteiger partial charge in [0.25, 0.3) is 0 Å². The fourth-order valence-corrected chi connectivity index (χ4v) is 3.53. The van der Waals surface area contributed by atoms with Crippen LogP contribution in [0.3, 0.4) is 0 Å². The van der Waals surface area contributed by atoms with Crippen LogP contribution in [0.5, 0.6) is 0 Å². The van der Waals surface area contributed by atoms with Crippen LogP contribution < -0.4 is 5.32 Å². The Labute approximate surface area is 145 Å². The molecule has 5 nitrogen and oxygen atoms in total. The Hall–Kier alpha value is -2.26. The molecule has 1 aromatic carbocycles. The van der Waals surface area contributed by atoms with Gasteiger partial charge in [-0.05, 0) is 61.2 Å². The molecule has 2 unspecified atom stereocenters. The zero-order chi connectivity index (χ0) is 17.7. The first-order valence-corrected chi connectivity index (χ1v) is 8.67. The molecule has 0 bridgehead atoms. The molecule has 6 heteroatoms. The van der Waals surface area contributed by atoms with Crippen molar-refractivity contribution in [1.29, 1.82) is 5.26 Å². The zero-order valence-electron chi connectivity index (χ0n) is 13.7. The van der Waals surface area contributed by atoms with E-state index in [1.165, 1.54) is 0 Å². The second kappa shape index (κ2) is 8.02. The van der Waals surface area contributed by atoms with Crippen molar-refractivity contribution in [3.8, 4) is 5.40 Å². The highest BCUT2D eigenvalue weighted by Crippen LogP contribution is 2.31. The van der Waals surface area contributed by atoms with E-state index in [2.05, 4.69) is 5.32 Å². The number of carbonyl (C=O) groups excluding carboxylic acids is 1. The fourth-order valence-electron chi connectivity index (χ4n) is 2.99. The lowest BCUT2D eigenvalue weighted by Gasteiger charge is -2.25. The van der Waals surface area contributed by atoms with Crippen molar-refractivity contribution in [3.63, 3.8) is 0 Å². The average molecular weight is 344 g/mol. The second-order valence-corrected chi connectivity index (χ2v) is 6.66. The number of thioether (sulfide) groups is 1. The van der Waals surface area contributed by atoms with Crippen molar-refractivity contribution < 1.29 is 14.7 Å². The van der Waals surface area contributed by atoms with E-state index in [-0.39, 0.29) is 5.91 Å². The van der Waals surface area contributed by atoms with Crippen molar-refractivity contribution in [1.82, 2.24) is 0 Å². The standard InChI is InChI=1S/C18H20N2O3S/c1-3-12-9-13(24-10-19)8-11(2)16(12)20-17(21)14-6-4-5-7-15(14)18(22)23/h4-5,8-9,14-15H,3,6-7H2,1-2H3,(H,20,21)(H,22,23). The van der Waals surface area contributed by atoms with E-state index in [1.807, 2.05) is 43.5 Å². The number of hydrogen-bond acceptors (Lipinski definition) is 4. The Morgan fingerprint density at radius 2 is 2.00 bits per heavy atom. The van der Waals surface area contributed by atoms with Crippen LogP contribution in [0.15, 0.2) is 29.2 Å². The van der Waals surface area contributed by atoms with Crippen molar-refractivity contribution in [2.24, 2.45) is 11.8 Å². The quantitative estimate of drug-likeness (QED) is 0.482. The summed E-state index contributed by atoms with van der Waals surface area (Å²) in [5.41, 5.74) is 2.54.